The van der Waals surface area contributed by atoms with E-state index < -0.39 is 0 Å². The van der Waals surface area contributed by atoms with E-state index in [0.717, 1.165) is 45.2 Å². The van der Waals surface area contributed by atoms with Crippen LogP contribution in [0.1, 0.15) is 75.8 Å². The molecular formula is C34H52N6O2. The maximum absolute atomic E-state index is 12.6. The molecule has 1 aromatic carbocycles. The fraction of sp³-hybridized carbons (Fsp3) is 0.706. The van der Waals surface area contributed by atoms with Gasteiger partial charge in [-0.3, -0.25) is 20.3 Å². The first-order valence-corrected chi connectivity index (χ1v) is 16.3. The smallest absolute Gasteiger partial charge is 0.246 e. The highest BCUT2D eigenvalue weighted by atomic mass is 16.5. The number of hydrogen-bond donors (Lipinski definition) is 3. The van der Waals surface area contributed by atoms with Gasteiger partial charge in [0.15, 0.2) is 6.35 Å². The van der Waals surface area contributed by atoms with Gasteiger partial charge in [0.2, 0.25) is 5.91 Å². The van der Waals surface area contributed by atoms with Gasteiger partial charge in [-0.1, -0.05) is 44.7 Å². The number of rotatable bonds is 10. The van der Waals surface area contributed by atoms with Crippen LogP contribution in [0.3, 0.4) is 0 Å². The Bertz CT molecular complexity index is 1120. The number of piperazine rings is 1. The molecule has 2 aliphatic heterocycles. The number of hydrogen-bond acceptors (Lipinski definition) is 7. The molecular weight excluding hydrogens is 524 g/mol. The SMILES string of the molecule is C=CC(=O)N1CCN(C2NC(OCC(C)CCCNC)NC3C[C@@]4(CCC32)Cc2ccccc2C(C)C4)CC1CC#N. The Hall–Kier alpha value is -2.28. The fourth-order valence-corrected chi connectivity index (χ4v) is 8.50. The summed E-state index contributed by atoms with van der Waals surface area (Å²) in [6.45, 7) is 12.2. The monoisotopic (exact) mass is 576 g/mol. The maximum atomic E-state index is 12.6. The van der Waals surface area contributed by atoms with Gasteiger partial charge < -0.3 is 15.0 Å². The molecule has 3 fully saturated rings. The molecule has 8 atom stereocenters. The normalized spacial score (nSPS) is 33.8. The second kappa shape index (κ2) is 14.0. The molecule has 1 amide bonds. The third-order valence-electron chi connectivity index (χ3n) is 10.5. The Kier molecular flexibility index (Phi) is 10.4. The van der Waals surface area contributed by atoms with E-state index in [1.165, 1.54) is 30.0 Å². The van der Waals surface area contributed by atoms with Gasteiger partial charge in [-0.2, -0.15) is 5.26 Å². The molecule has 1 saturated carbocycles. The average Bonchev–Trinajstić information content (AvgIpc) is 2.99. The number of nitriles is 1. The minimum Gasteiger partial charge on any atom is -0.350 e. The van der Waals surface area contributed by atoms with Crippen molar-refractivity contribution in [1.29, 1.82) is 5.26 Å². The summed E-state index contributed by atoms with van der Waals surface area (Å²) in [7, 11) is 2.00. The first-order chi connectivity index (χ1) is 20.4. The molecule has 2 aliphatic carbocycles. The van der Waals surface area contributed by atoms with Crippen LogP contribution in [0.15, 0.2) is 36.9 Å². The molecule has 3 N–H and O–H groups in total. The topological polar surface area (TPSA) is 92.7 Å². The molecule has 2 heterocycles. The number of fused-ring (bicyclic) bond motifs is 2. The van der Waals surface area contributed by atoms with Gasteiger partial charge >= 0.3 is 0 Å². The van der Waals surface area contributed by atoms with Crippen LogP contribution in [-0.4, -0.2) is 80.1 Å². The summed E-state index contributed by atoms with van der Waals surface area (Å²) in [5, 5.41) is 20.6. The van der Waals surface area contributed by atoms with E-state index in [1.54, 1.807) is 0 Å². The van der Waals surface area contributed by atoms with E-state index >= 15 is 0 Å². The summed E-state index contributed by atoms with van der Waals surface area (Å²) in [5.41, 5.74) is 3.38. The number of ether oxygens (including phenoxy) is 1. The van der Waals surface area contributed by atoms with Crippen molar-refractivity contribution in [3.8, 4) is 6.07 Å². The molecule has 0 bridgehead atoms. The van der Waals surface area contributed by atoms with Crippen LogP contribution in [0.4, 0.5) is 0 Å². The summed E-state index contributed by atoms with van der Waals surface area (Å²) in [5.74, 6) is 1.43. The van der Waals surface area contributed by atoms with Gasteiger partial charge in [-0.25, -0.2) is 0 Å². The van der Waals surface area contributed by atoms with Crippen molar-refractivity contribution in [2.45, 2.75) is 95.7 Å². The zero-order chi connectivity index (χ0) is 29.7. The summed E-state index contributed by atoms with van der Waals surface area (Å²) >= 11 is 0. The minimum absolute atomic E-state index is 0.0779. The highest BCUT2D eigenvalue weighted by Crippen LogP contribution is 2.52. The van der Waals surface area contributed by atoms with Gasteiger partial charge in [-0.05, 0) is 93.0 Å². The lowest BCUT2D eigenvalue weighted by atomic mass is 9.58. The van der Waals surface area contributed by atoms with Gasteiger partial charge in [0, 0.05) is 31.6 Å². The number of carbonyl (C=O) groups is 1. The van der Waals surface area contributed by atoms with Crippen molar-refractivity contribution in [3.05, 3.63) is 48.0 Å². The summed E-state index contributed by atoms with van der Waals surface area (Å²) < 4.78 is 6.55. The van der Waals surface area contributed by atoms with Crippen LogP contribution < -0.4 is 16.0 Å². The van der Waals surface area contributed by atoms with Crippen LogP contribution in [0.25, 0.3) is 0 Å². The molecule has 1 aromatic rings. The third-order valence-corrected chi connectivity index (χ3v) is 10.5. The van der Waals surface area contributed by atoms with Crippen LogP contribution >= 0.6 is 0 Å². The van der Waals surface area contributed by atoms with E-state index in [1.807, 2.05) is 11.9 Å². The number of nitrogens with zero attached hydrogens (tertiary/aromatic N) is 3. The van der Waals surface area contributed by atoms with Gasteiger partial charge in [0.25, 0.3) is 0 Å². The van der Waals surface area contributed by atoms with E-state index in [9.17, 15) is 10.1 Å². The first kappa shape index (κ1) is 31.2. The first-order valence-electron chi connectivity index (χ1n) is 16.3. The summed E-state index contributed by atoms with van der Waals surface area (Å²) in [6.07, 6.45) is 9.89. The molecule has 0 aromatic heterocycles. The largest absolute Gasteiger partial charge is 0.350 e. The van der Waals surface area contributed by atoms with E-state index in [4.69, 9.17) is 4.74 Å². The quantitative estimate of drug-likeness (QED) is 0.287. The Morgan fingerprint density at radius 1 is 1.31 bits per heavy atom. The number of benzene rings is 1. The van der Waals surface area contributed by atoms with Crippen LogP contribution in [-0.2, 0) is 16.0 Å². The predicted octanol–water partition coefficient (Wildman–Crippen LogP) is 3.96. The molecule has 8 nitrogen and oxygen atoms in total. The molecule has 8 heteroatoms. The van der Waals surface area contributed by atoms with E-state index in [0.29, 0.717) is 55.3 Å². The zero-order valence-corrected chi connectivity index (χ0v) is 26.0. The van der Waals surface area contributed by atoms with Crippen LogP contribution in [0.2, 0.25) is 0 Å². The Balaban J connectivity index is 1.33. The van der Waals surface area contributed by atoms with Crippen LogP contribution in [0, 0.1) is 28.6 Å². The van der Waals surface area contributed by atoms with E-state index in [2.05, 4.69) is 71.6 Å². The molecule has 7 unspecified atom stereocenters. The number of nitrogens with one attached hydrogen (secondary N) is 3. The minimum atomic E-state index is -0.214. The zero-order valence-electron chi connectivity index (χ0n) is 26.0. The van der Waals surface area contributed by atoms with Crippen molar-refractivity contribution in [2.75, 3.05) is 39.8 Å². The Labute approximate surface area is 253 Å². The maximum Gasteiger partial charge on any atom is 0.246 e. The Morgan fingerprint density at radius 2 is 2.14 bits per heavy atom. The van der Waals surface area contributed by atoms with Gasteiger partial charge in [0.1, 0.15) is 0 Å². The summed E-state index contributed by atoms with van der Waals surface area (Å²) in [4.78, 5) is 16.9. The summed E-state index contributed by atoms with van der Waals surface area (Å²) in [6, 6.07) is 11.6. The fourth-order valence-electron chi connectivity index (χ4n) is 8.50. The lowest BCUT2D eigenvalue weighted by Gasteiger charge is -2.56. The lowest BCUT2D eigenvalue weighted by Crippen LogP contribution is -2.72. The molecule has 0 radical (unpaired) electrons. The standard InChI is InChI=1S/C34H52N6O2/c1-5-31(41)40-18-17-39(22-27(40)13-15-35)32-29-12-14-34(19-25(3)28-11-7-6-10-26(28)20-34)21-30(29)37-33(38-32)42-23-24(2)9-8-16-36-4/h5-7,10-11,24-25,27,29-30,32-33,36-38H,1,8-9,12-14,16-23H2,2-4H3/t24?,25?,27?,29?,30?,32?,33?,34-/m1/s1. The van der Waals surface area contributed by atoms with Crippen molar-refractivity contribution in [1.82, 2.24) is 25.8 Å². The Morgan fingerprint density at radius 3 is 2.93 bits per heavy atom. The van der Waals surface area contributed by atoms with Crippen LogP contribution in [0.5, 0.6) is 0 Å². The number of amides is 1. The molecule has 1 spiro atoms. The van der Waals surface area contributed by atoms with Crippen molar-refractivity contribution < 1.29 is 9.53 Å². The number of carbonyl (C=O) groups excluding carboxylic acids is 1. The second-order valence-corrected chi connectivity index (χ2v) is 13.6. The third kappa shape index (κ3) is 6.92. The van der Waals surface area contributed by atoms with Crippen molar-refractivity contribution in [3.63, 3.8) is 0 Å². The molecule has 230 valence electrons. The average molecular weight is 577 g/mol. The van der Waals surface area contributed by atoms with Crippen molar-refractivity contribution >= 4 is 5.91 Å². The van der Waals surface area contributed by atoms with Crippen molar-refractivity contribution in [2.24, 2.45) is 17.3 Å². The lowest BCUT2D eigenvalue weighted by molar-refractivity contribution is -0.137. The molecule has 42 heavy (non-hydrogen) atoms. The highest BCUT2D eigenvalue weighted by Gasteiger charge is 2.50. The van der Waals surface area contributed by atoms with Gasteiger partial charge in [0.05, 0.1) is 31.3 Å². The van der Waals surface area contributed by atoms with Gasteiger partial charge in [-0.15, -0.1) is 0 Å². The molecule has 5 rings (SSSR count). The molecule has 4 aliphatic rings. The van der Waals surface area contributed by atoms with E-state index in [-0.39, 0.29) is 24.5 Å². The molecule has 2 saturated heterocycles. The second-order valence-electron chi connectivity index (χ2n) is 13.6. The predicted molar refractivity (Wildman–Crippen MR) is 166 cm³/mol. The highest BCUT2D eigenvalue weighted by molar-refractivity contribution is 5.87.